The Morgan fingerprint density at radius 3 is 2.50 bits per heavy atom. The molecule has 1 heterocycles. The van der Waals surface area contributed by atoms with Crippen LogP contribution in [-0.2, 0) is 11.2 Å². The number of ether oxygens (including phenoxy) is 1. The van der Waals surface area contributed by atoms with Gasteiger partial charge in [0.25, 0.3) is 0 Å². The van der Waals surface area contributed by atoms with Gasteiger partial charge in [-0.1, -0.05) is 12.1 Å². The molecule has 1 amide bonds. The highest BCUT2D eigenvalue weighted by Crippen LogP contribution is 2.26. The molecule has 0 aliphatic heterocycles. The molecular formula is C25H29F2N7O3S. The molecule has 10 nitrogen and oxygen atoms in total. The van der Waals surface area contributed by atoms with E-state index in [1.807, 2.05) is 19.0 Å². The Bertz CT molecular complexity index is 1250. The first kappa shape index (κ1) is 28.8. The number of carbonyl (C=O) groups excluding carboxylic acids is 1. The molecule has 1 atom stereocenters. The lowest BCUT2D eigenvalue weighted by atomic mass is 10.1. The molecule has 0 aliphatic carbocycles. The molecule has 0 fully saturated rings. The second-order valence-electron chi connectivity index (χ2n) is 8.60. The standard InChI is InChI=1S/C25H29F2N7O3S/c1-33(2)10-11-34(3)25(36)31-21-14-23(29-15-28-21)37-20-9-8-18(13-19(20)27)30-24(38)32-22(35)12-16-4-6-17(26)7-5-16/h4-9,13-15,25,36H,10-12H2,1-3H3,(H,28,29,31)(H2,30,32,35,38). The average molecular weight is 546 g/mol. The van der Waals surface area contributed by atoms with E-state index in [-0.39, 0.29) is 28.9 Å². The third-order valence-corrected chi connectivity index (χ3v) is 5.38. The number of hydrogen-bond donors (Lipinski definition) is 4. The zero-order valence-corrected chi connectivity index (χ0v) is 21.9. The molecule has 13 heteroatoms. The van der Waals surface area contributed by atoms with Crippen LogP contribution in [0.2, 0.25) is 0 Å². The highest BCUT2D eigenvalue weighted by Gasteiger charge is 2.14. The van der Waals surface area contributed by atoms with Gasteiger partial charge in [0.05, 0.1) is 6.42 Å². The Balaban J connectivity index is 1.54. The van der Waals surface area contributed by atoms with E-state index in [0.29, 0.717) is 17.9 Å². The van der Waals surface area contributed by atoms with Crippen LogP contribution in [0.4, 0.5) is 20.3 Å². The van der Waals surface area contributed by atoms with Crippen LogP contribution < -0.4 is 20.7 Å². The van der Waals surface area contributed by atoms with E-state index in [4.69, 9.17) is 17.0 Å². The van der Waals surface area contributed by atoms with Crippen LogP contribution in [0.5, 0.6) is 11.6 Å². The van der Waals surface area contributed by atoms with Gasteiger partial charge in [0.15, 0.2) is 23.0 Å². The van der Waals surface area contributed by atoms with Gasteiger partial charge in [-0.05, 0) is 63.2 Å². The van der Waals surface area contributed by atoms with Crippen molar-refractivity contribution in [2.75, 3.05) is 44.9 Å². The second-order valence-corrected chi connectivity index (χ2v) is 9.00. The summed E-state index contributed by atoms with van der Waals surface area (Å²) in [7, 11) is 5.63. The van der Waals surface area contributed by atoms with Crippen LogP contribution in [0.1, 0.15) is 5.56 Å². The summed E-state index contributed by atoms with van der Waals surface area (Å²) in [5, 5.41) is 18.4. The molecule has 0 bridgehead atoms. The number of aromatic nitrogens is 2. The van der Waals surface area contributed by atoms with E-state index < -0.39 is 23.9 Å². The summed E-state index contributed by atoms with van der Waals surface area (Å²) in [5.41, 5.74) is 0.907. The van der Waals surface area contributed by atoms with Gasteiger partial charge in [-0.25, -0.2) is 18.7 Å². The Labute approximate surface area is 224 Å². The van der Waals surface area contributed by atoms with Gasteiger partial charge in [-0.2, -0.15) is 0 Å². The Morgan fingerprint density at radius 1 is 1.08 bits per heavy atom. The van der Waals surface area contributed by atoms with Crippen molar-refractivity contribution in [3.8, 4) is 11.6 Å². The molecule has 3 aromatic rings. The number of nitrogens with one attached hydrogen (secondary N) is 3. The first-order valence-corrected chi connectivity index (χ1v) is 11.9. The summed E-state index contributed by atoms with van der Waals surface area (Å²) >= 11 is 5.12. The van der Waals surface area contributed by atoms with E-state index in [0.717, 1.165) is 12.6 Å². The number of likely N-dealkylation sites (N-methyl/N-ethyl adjacent to an activating group) is 2. The van der Waals surface area contributed by atoms with Crippen LogP contribution in [0, 0.1) is 11.6 Å². The second kappa shape index (κ2) is 13.7. The maximum atomic E-state index is 14.7. The van der Waals surface area contributed by atoms with Crippen molar-refractivity contribution < 1.29 is 23.4 Å². The SMILES string of the molecule is CN(C)CCN(C)C(O)Nc1cc(Oc2ccc(NC(=S)NC(=O)Cc3ccc(F)cc3)cc2F)ncn1. The third-order valence-electron chi connectivity index (χ3n) is 5.17. The lowest BCUT2D eigenvalue weighted by Gasteiger charge is -2.25. The highest BCUT2D eigenvalue weighted by molar-refractivity contribution is 7.80. The number of anilines is 2. The van der Waals surface area contributed by atoms with Crippen molar-refractivity contribution in [3.63, 3.8) is 0 Å². The Hall–Kier alpha value is -3.78. The number of carbonyl (C=O) groups is 1. The number of rotatable bonds is 11. The molecule has 202 valence electrons. The number of thiocarbonyl (C=S) groups is 1. The number of aliphatic hydroxyl groups is 1. The monoisotopic (exact) mass is 545 g/mol. The molecule has 1 aromatic heterocycles. The minimum atomic E-state index is -1.00. The molecule has 0 spiro atoms. The van der Waals surface area contributed by atoms with Crippen molar-refractivity contribution in [3.05, 3.63) is 72.1 Å². The minimum Gasteiger partial charge on any atom is -0.436 e. The van der Waals surface area contributed by atoms with Crippen molar-refractivity contribution in [2.45, 2.75) is 12.8 Å². The van der Waals surface area contributed by atoms with Crippen molar-refractivity contribution in [1.82, 2.24) is 25.1 Å². The number of benzene rings is 2. The lowest BCUT2D eigenvalue weighted by Crippen LogP contribution is -2.41. The largest absolute Gasteiger partial charge is 0.436 e. The molecule has 3 rings (SSSR count). The predicted octanol–water partition coefficient (Wildman–Crippen LogP) is 2.78. The Morgan fingerprint density at radius 2 is 1.82 bits per heavy atom. The number of halogens is 2. The summed E-state index contributed by atoms with van der Waals surface area (Å²) in [5.74, 6) is -1.25. The summed E-state index contributed by atoms with van der Waals surface area (Å²) in [6, 6.07) is 11.0. The number of nitrogens with zero attached hydrogens (tertiary/aromatic N) is 4. The van der Waals surface area contributed by atoms with Crippen molar-refractivity contribution in [2.24, 2.45) is 0 Å². The van der Waals surface area contributed by atoms with Crippen LogP contribution in [0.3, 0.4) is 0 Å². The molecule has 1 unspecified atom stereocenters. The Kier molecular flexibility index (Phi) is 10.4. The minimum absolute atomic E-state index is 0.00240. The van der Waals surface area contributed by atoms with Gasteiger partial charge in [0.2, 0.25) is 11.8 Å². The first-order chi connectivity index (χ1) is 18.1. The normalized spacial score (nSPS) is 11.8. The lowest BCUT2D eigenvalue weighted by molar-refractivity contribution is -0.119. The van der Waals surface area contributed by atoms with Gasteiger partial charge in [0, 0.05) is 30.9 Å². The fraction of sp³-hybridized carbons (Fsp3) is 0.280. The zero-order chi connectivity index (χ0) is 27.7. The first-order valence-electron chi connectivity index (χ1n) is 11.5. The quantitative estimate of drug-likeness (QED) is 0.212. The average Bonchev–Trinajstić information content (AvgIpc) is 2.85. The maximum absolute atomic E-state index is 14.7. The van der Waals surface area contributed by atoms with Crippen molar-refractivity contribution in [1.29, 1.82) is 0 Å². The molecule has 2 aromatic carbocycles. The van der Waals surface area contributed by atoms with Gasteiger partial charge in [-0.3, -0.25) is 9.69 Å². The summed E-state index contributed by atoms with van der Waals surface area (Å²) in [6.45, 7) is 1.37. The van der Waals surface area contributed by atoms with Crippen LogP contribution in [0.15, 0.2) is 54.9 Å². The van der Waals surface area contributed by atoms with E-state index in [1.54, 1.807) is 11.9 Å². The topological polar surface area (TPSA) is 115 Å². The van der Waals surface area contributed by atoms with Gasteiger partial charge in [0.1, 0.15) is 18.0 Å². The summed E-state index contributed by atoms with van der Waals surface area (Å²) < 4.78 is 33.2. The smallest absolute Gasteiger partial charge is 0.230 e. The number of amides is 1. The third kappa shape index (κ3) is 9.27. The van der Waals surface area contributed by atoms with E-state index >= 15 is 0 Å². The maximum Gasteiger partial charge on any atom is 0.230 e. The molecule has 4 N–H and O–H groups in total. The molecule has 0 aliphatic rings. The van der Waals surface area contributed by atoms with Gasteiger partial charge in [-0.15, -0.1) is 0 Å². The molecule has 0 saturated carbocycles. The predicted molar refractivity (Wildman–Crippen MR) is 144 cm³/mol. The summed E-state index contributed by atoms with van der Waals surface area (Å²) in [6.07, 6.45) is 0.230. The molecule has 0 radical (unpaired) electrons. The summed E-state index contributed by atoms with van der Waals surface area (Å²) in [4.78, 5) is 23.9. The molecule has 0 saturated heterocycles. The zero-order valence-electron chi connectivity index (χ0n) is 21.1. The van der Waals surface area contributed by atoms with Crippen LogP contribution in [0.25, 0.3) is 0 Å². The molecular weight excluding hydrogens is 516 g/mol. The fourth-order valence-corrected chi connectivity index (χ4v) is 3.32. The number of aliphatic hydroxyl groups excluding tert-OH is 1. The molecule has 38 heavy (non-hydrogen) atoms. The highest BCUT2D eigenvalue weighted by atomic mass is 32.1. The van der Waals surface area contributed by atoms with E-state index in [9.17, 15) is 18.7 Å². The van der Waals surface area contributed by atoms with Gasteiger partial charge >= 0.3 is 0 Å². The van der Waals surface area contributed by atoms with Crippen LogP contribution in [-0.4, -0.2) is 76.5 Å². The van der Waals surface area contributed by atoms with Gasteiger partial charge < -0.3 is 30.7 Å². The number of hydrogen-bond acceptors (Lipinski definition) is 9. The van der Waals surface area contributed by atoms with E-state index in [2.05, 4.69) is 25.9 Å². The fourth-order valence-electron chi connectivity index (χ4n) is 3.09. The van der Waals surface area contributed by atoms with Crippen molar-refractivity contribution >= 4 is 34.7 Å². The van der Waals surface area contributed by atoms with E-state index in [1.165, 1.54) is 48.8 Å². The van der Waals surface area contributed by atoms with Crippen LogP contribution >= 0.6 is 12.2 Å².